The van der Waals surface area contributed by atoms with Gasteiger partial charge in [0, 0.05) is 6.54 Å². The molecule has 0 aromatic carbocycles. The Hall–Kier alpha value is -2.21. The van der Waals surface area contributed by atoms with Gasteiger partial charge in [0.1, 0.15) is 6.04 Å². The number of carbonyl (C=O) groups excluding carboxylic acids is 1. The summed E-state index contributed by atoms with van der Waals surface area (Å²) < 4.78 is 21.0. The molecule has 0 heterocycles. The van der Waals surface area contributed by atoms with Crippen LogP contribution in [0.25, 0.3) is 0 Å². The van der Waals surface area contributed by atoms with Gasteiger partial charge in [0.25, 0.3) is 0 Å². The number of carbonyl (C=O) groups is 2. The van der Waals surface area contributed by atoms with Gasteiger partial charge in [0.05, 0.1) is 0 Å². The van der Waals surface area contributed by atoms with E-state index in [2.05, 4.69) is 15.1 Å². The molecule has 0 fully saturated rings. The maximum absolute atomic E-state index is 10.2. The van der Waals surface area contributed by atoms with Crippen molar-refractivity contribution in [2.24, 2.45) is 32.3 Å². The highest BCUT2D eigenvalue weighted by Crippen LogP contribution is 1.94. The van der Waals surface area contributed by atoms with E-state index in [1.807, 2.05) is 0 Å². The van der Waals surface area contributed by atoms with E-state index in [0.29, 0.717) is 19.4 Å². The zero-order chi connectivity index (χ0) is 15.4. The van der Waals surface area contributed by atoms with Crippen LogP contribution < -0.4 is 22.9 Å². The van der Waals surface area contributed by atoms with Crippen LogP contribution in [0.5, 0.6) is 0 Å². The molecule has 0 aliphatic rings. The standard InChI is InChI=1S/C6H14N4O2.CH2N2O3S/c7-4(5(11)12)2-1-3-10-6(8)9;2-1(4)3-7(5)6/h4H,1-3,7H2,(H,11,12)(H4,8,9,10);(H2,2,4)/t4-;/m0./s1. The van der Waals surface area contributed by atoms with E-state index >= 15 is 0 Å². The Labute approximate surface area is 110 Å². The molecule has 0 aromatic heterocycles. The van der Waals surface area contributed by atoms with Crippen LogP contribution in [0.15, 0.2) is 9.36 Å². The Morgan fingerprint density at radius 2 is 1.74 bits per heavy atom. The minimum Gasteiger partial charge on any atom is -0.480 e. The van der Waals surface area contributed by atoms with E-state index in [0.717, 1.165) is 0 Å². The summed E-state index contributed by atoms with van der Waals surface area (Å²) in [4.78, 5) is 23.4. The number of nitrogens with two attached hydrogens (primary N) is 4. The van der Waals surface area contributed by atoms with E-state index in [1.165, 1.54) is 0 Å². The first-order valence-electron chi connectivity index (χ1n) is 4.81. The van der Waals surface area contributed by atoms with Crippen molar-refractivity contribution in [2.75, 3.05) is 6.54 Å². The molecule has 0 aliphatic carbocycles. The highest BCUT2D eigenvalue weighted by molar-refractivity contribution is 7.62. The molecule has 11 nitrogen and oxygen atoms in total. The van der Waals surface area contributed by atoms with Crippen LogP contribution in [0.1, 0.15) is 12.8 Å². The molecule has 110 valence electrons. The normalized spacial score (nSPS) is 10.4. The van der Waals surface area contributed by atoms with Gasteiger partial charge in [-0.3, -0.25) is 9.79 Å². The van der Waals surface area contributed by atoms with Crippen molar-refractivity contribution in [3.05, 3.63) is 0 Å². The van der Waals surface area contributed by atoms with Crippen molar-refractivity contribution >= 4 is 28.5 Å². The number of nitrogens with zero attached hydrogens (tertiary/aromatic N) is 2. The summed E-state index contributed by atoms with van der Waals surface area (Å²) in [7, 11) is -2.70. The number of carboxylic acids is 1. The van der Waals surface area contributed by atoms with Crippen LogP contribution >= 0.6 is 0 Å². The van der Waals surface area contributed by atoms with Crippen molar-refractivity contribution in [1.29, 1.82) is 0 Å². The Morgan fingerprint density at radius 3 is 2.00 bits per heavy atom. The van der Waals surface area contributed by atoms with Crippen molar-refractivity contribution in [3.8, 4) is 0 Å². The number of urea groups is 1. The third-order valence-corrected chi connectivity index (χ3v) is 1.78. The molecule has 0 aliphatic heterocycles. The lowest BCUT2D eigenvalue weighted by Crippen LogP contribution is -2.30. The summed E-state index contributed by atoms with van der Waals surface area (Å²) in [6.07, 6.45) is 0.956. The predicted octanol–water partition coefficient (Wildman–Crippen LogP) is -2.42. The topological polar surface area (TPSA) is 217 Å². The lowest BCUT2D eigenvalue weighted by molar-refractivity contribution is -0.138. The van der Waals surface area contributed by atoms with Crippen LogP contribution in [0, 0.1) is 0 Å². The molecule has 2 amide bonds. The summed E-state index contributed by atoms with van der Waals surface area (Å²) in [5.74, 6) is -0.987. The van der Waals surface area contributed by atoms with Crippen LogP contribution in [-0.4, -0.2) is 44.1 Å². The first-order valence-corrected chi connectivity index (χ1v) is 5.84. The second kappa shape index (κ2) is 10.9. The number of hydrogen-bond donors (Lipinski definition) is 5. The number of primary amides is 1. The zero-order valence-corrected chi connectivity index (χ0v) is 10.7. The van der Waals surface area contributed by atoms with E-state index in [4.69, 9.17) is 22.3 Å². The van der Waals surface area contributed by atoms with Crippen molar-refractivity contribution in [3.63, 3.8) is 0 Å². The third kappa shape index (κ3) is 18.4. The largest absolute Gasteiger partial charge is 0.480 e. The molecule has 0 radical (unpaired) electrons. The second-order valence-corrected chi connectivity index (χ2v) is 3.66. The fourth-order valence-electron chi connectivity index (χ4n) is 0.716. The minimum atomic E-state index is -2.70. The molecular weight excluding hydrogens is 280 g/mol. The number of aliphatic imine (C=N–C) groups is 1. The molecule has 0 saturated heterocycles. The molecule has 0 bridgehead atoms. The van der Waals surface area contributed by atoms with Crippen molar-refractivity contribution in [1.82, 2.24) is 0 Å². The summed E-state index contributed by atoms with van der Waals surface area (Å²) in [6.45, 7) is 0.420. The van der Waals surface area contributed by atoms with Gasteiger partial charge in [-0.05, 0) is 12.8 Å². The molecule has 0 unspecified atom stereocenters. The van der Waals surface area contributed by atoms with Gasteiger partial charge in [0.2, 0.25) is 0 Å². The lowest BCUT2D eigenvalue weighted by Gasteiger charge is -2.03. The summed E-state index contributed by atoms with van der Waals surface area (Å²) in [6, 6.07) is -2.02. The van der Waals surface area contributed by atoms with E-state index in [-0.39, 0.29) is 5.96 Å². The average Bonchev–Trinajstić information content (AvgIpc) is 2.22. The van der Waals surface area contributed by atoms with E-state index in [9.17, 15) is 18.0 Å². The summed E-state index contributed by atoms with van der Waals surface area (Å²) >= 11 is 0. The van der Waals surface area contributed by atoms with Crippen LogP contribution in [0.2, 0.25) is 0 Å². The molecule has 0 spiro atoms. The Balaban J connectivity index is 0. The zero-order valence-electron chi connectivity index (χ0n) is 9.89. The molecular formula is C7H16N6O5S. The quantitative estimate of drug-likeness (QED) is 0.208. The number of rotatable bonds is 5. The number of aliphatic carboxylic acids is 1. The maximum atomic E-state index is 10.2. The monoisotopic (exact) mass is 296 g/mol. The van der Waals surface area contributed by atoms with E-state index < -0.39 is 28.5 Å². The molecule has 9 N–H and O–H groups in total. The van der Waals surface area contributed by atoms with Gasteiger partial charge in [-0.25, -0.2) is 4.79 Å². The Morgan fingerprint density at radius 1 is 1.21 bits per heavy atom. The lowest BCUT2D eigenvalue weighted by atomic mass is 10.2. The summed E-state index contributed by atoms with van der Waals surface area (Å²) in [5, 5.41) is 8.38. The highest BCUT2D eigenvalue weighted by atomic mass is 32.2. The first-order chi connectivity index (χ1) is 8.66. The Kier molecular flexibility index (Phi) is 11.0. The van der Waals surface area contributed by atoms with Crippen LogP contribution in [-0.2, 0) is 15.3 Å². The number of amides is 2. The number of guanidine groups is 1. The molecule has 0 aromatic rings. The van der Waals surface area contributed by atoms with Crippen molar-refractivity contribution < 1.29 is 23.1 Å². The van der Waals surface area contributed by atoms with Crippen molar-refractivity contribution in [2.45, 2.75) is 18.9 Å². The molecule has 0 saturated carbocycles. The minimum absolute atomic E-state index is 0.0129. The second-order valence-electron chi connectivity index (χ2n) is 3.04. The first kappa shape index (κ1) is 19.1. The fourth-order valence-corrected chi connectivity index (χ4v) is 0.863. The Bertz CT molecular complexity index is 447. The molecule has 0 rings (SSSR count). The fraction of sp³-hybridized carbons (Fsp3) is 0.571. The van der Waals surface area contributed by atoms with Gasteiger partial charge in [0.15, 0.2) is 5.96 Å². The average molecular weight is 296 g/mol. The van der Waals surface area contributed by atoms with Gasteiger partial charge < -0.3 is 28.0 Å². The predicted molar refractivity (Wildman–Crippen MR) is 66.5 cm³/mol. The van der Waals surface area contributed by atoms with Crippen LogP contribution in [0.3, 0.4) is 0 Å². The molecule has 12 heteroatoms. The molecule has 19 heavy (non-hydrogen) atoms. The van der Waals surface area contributed by atoms with E-state index in [1.54, 1.807) is 0 Å². The SMILES string of the molecule is NC(=O)N=S(=O)=O.NC(N)=NCCC[C@H](N)C(=O)O. The van der Waals surface area contributed by atoms with Gasteiger partial charge in [-0.15, -0.1) is 0 Å². The number of hydrogen-bond acceptors (Lipinski definition) is 6. The smallest absolute Gasteiger partial charge is 0.353 e. The highest BCUT2D eigenvalue weighted by Gasteiger charge is 2.09. The third-order valence-electron chi connectivity index (χ3n) is 1.45. The maximum Gasteiger partial charge on any atom is 0.353 e. The summed E-state index contributed by atoms with van der Waals surface area (Å²) in [5.41, 5.74) is 19.6. The number of carboxylic acid groups (broad SMARTS) is 1. The molecule has 1 atom stereocenters. The van der Waals surface area contributed by atoms with Crippen LogP contribution in [0.4, 0.5) is 4.79 Å². The van der Waals surface area contributed by atoms with Gasteiger partial charge in [-0.1, -0.05) is 4.36 Å². The van der Waals surface area contributed by atoms with Gasteiger partial charge >= 0.3 is 22.5 Å². The van der Waals surface area contributed by atoms with Gasteiger partial charge in [-0.2, -0.15) is 8.42 Å².